The van der Waals surface area contributed by atoms with Gasteiger partial charge < -0.3 is 15.2 Å². The van der Waals surface area contributed by atoms with Gasteiger partial charge in [-0.3, -0.25) is 4.79 Å². The second kappa shape index (κ2) is 9.80. The number of hydrogen-bond acceptors (Lipinski definition) is 3. The highest BCUT2D eigenvalue weighted by Gasteiger charge is 2.19. The van der Waals surface area contributed by atoms with E-state index >= 15 is 0 Å². The summed E-state index contributed by atoms with van der Waals surface area (Å²) in [5, 5.41) is 7.26. The van der Waals surface area contributed by atoms with Crippen molar-refractivity contribution in [1.29, 1.82) is 0 Å². The molecule has 1 atom stereocenters. The fourth-order valence-corrected chi connectivity index (χ4v) is 2.92. The van der Waals surface area contributed by atoms with Gasteiger partial charge in [0, 0.05) is 32.0 Å². The number of halogens is 2. The zero-order valence-electron chi connectivity index (χ0n) is 14.5. The standard InChI is InChI=1S/C18H24Cl2N4O/c1-13(2)10-16(22-7-9-24-8-6-21-12-24)18(25)23-11-14-4-3-5-15(19)17(14)20/h3-6,8,12-13,16,22H,7,9-11H2,1-2H3,(H,23,25). The van der Waals surface area contributed by atoms with E-state index in [0.717, 1.165) is 18.5 Å². The number of carbonyl (C=O) groups is 1. The molecule has 0 aliphatic carbocycles. The lowest BCUT2D eigenvalue weighted by Gasteiger charge is -2.20. The Morgan fingerprint density at radius 1 is 1.32 bits per heavy atom. The smallest absolute Gasteiger partial charge is 0.237 e. The second-order valence-electron chi connectivity index (χ2n) is 6.37. The first-order chi connectivity index (χ1) is 12.0. The average molecular weight is 383 g/mol. The Hall–Kier alpha value is -1.56. The van der Waals surface area contributed by atoms with Crippen LogP contribution in [0.3, 0.4) is 0 Å². The molecule has 1 heterocycles. The van der Waals surface area contributed by atoms with Crippen LogP contribution in [0.4, 0.5) is 0 Å². The summed E-state index contributed by atoms with van der Waals surface area (Å²) in [7, 11) is 0. The Balaban J connectivity index is 1.89. The highest BCUT2D eigenvalue weighted by Crippen LogP contribution is 2.25. The van der Waals surface area contributed by atoms with E-state index in [1.807, 2.05) is 22.9 Å². The van der Waals surface area contributed by atoms with Gasteiger partial charge in [-0.2, -0.15) is 0 Å². The van der Waals surface area contributed by atoms with Crippen molar-refractivity contribution in [3.05, 3.63) is 52.5 Å². The van der Waals surface area contributed by atoms with Crippen LogP contribution in [0, 0.1) is 5.92 Å². The lowest BCUT2D eigenvalue weighted by Crippen LogP contribution is -2.45. The number of aromatic nitrogens is 2. The Kier molecular flexibility index (Phi) is 7.75. The zero-order valence-corrected chi connectivity index (χ0v) is 16.0. The number of hydrogen-bond donors (Lipinski definition) is 2. The molecule has 7 heteroatoms. The minimum absolute atomic E-state index is 0.0321. The maximum absolute atomic E-state index is 12.6. The van der Waals surface area contributed by atoms with E-state index in [1.165, 1.54) is 0 Å². The number of rotatable bonds is 9. The summed E-state index contributed by atoms with van der Waals surface area (Å²) in [6, 6.07) is 5.17. The number of amides is 1. The molecule has 136 valence electrons. The molecule has 0 radical (unpaired) electrons. The summed E-state index contributed by atoms with van der Waals surface area (Å²) in [5.41, 5.74) is 0.809. The molecule has 0 saturated carbocycles. The molecule has 1 amide bonds. The number of benzene rings is 1. The molecule has 0 aliphatic heterocycles. The molecule has 0 spiro atoms. The van der Waals surface area contributed by atoms with Gasteiger partial charge in [-0.15, -0.1) is 0 Å². The molecule has 2 N–H and O–H groups in total. The molecule has 1 aromatic carbocycles. The van der Waals surface area contributed by atoms with Crippen molar-refractivity contribution in [3.8, 4) is 0 Å². The maximum Gasteiger partial charge on any atom is 0.237 e. The monoisotopic (exact) mass is 382 g/mol. The van der Waals surface area contributed by atoms with E-state index in [-0.39, 0.29) is 11.9 Å². The molecule has 0 fully saturated rings. The summed E-state index contributed by atoms with van der Waals surface area (Å²) >= 11 is 12.2. The Bertz CT molecular complexity index is 674. The van der Waals surface area contributed by atoms with E-state index in [2.05, 4.69) is 29.5 Å². The number of carbonyl (C=O) groups excluding carboxylic acids is 1. The minimum atomic E-state index is -0.249. The van der Waals surface area contributed by atoms with E-state index in [1.54, 1.807) is 18.6 Å². The summed E-state index contributed by atoms with van der Waals surface area (Å²) in [6.45, 7) is 6.02. The zero-order chi connectivity index (χ0) is 18.2. The molecule has 2 rings (SSSR count). The molecule has 25 heavy (non-hydrogen) atoms. The normalized spacial score (nSPS) is 12.4. The predicted molar refractivity (Wildman–Crippen MR) is 102 cm³/mol. The maximum atomic E-state index is 12.6. The lowest BCUT2D eigenvalue weighted by atomic mass is 10.0. The van der Waals surface area contributed by atoms with Crippen LogP contribution < -0.4 is 10.6 Å². The van der Waals surface area contributed by atoms with Crippen LogP contribution >= 0.6 is 23.2 Å². The van der Waals surface area contributed by atoms with Gasteiger partial charge in [0.25, 0.3) is 0 Å². The number of imidazole rings is 1. The van der Waals surface area contributed by atoms with Crippen LogP contribution in [0.25, 0.3) is 0 Å². The van der Waals surface area contributed by atoms with E-state index in [4.69, 9.17) is 23.2 Å². The fraction of sp³-hybridized carbons (Fsp3) is 0.444. The topological polar surface area (TPSA) is 59.0 Å². The van der Waals surface area contributed by atoms with Crippen LogP contribution in [0.1, 0.15) is 25.8 Å². The van der Waals surface area contributed by atoms with Gasteiger partial charge in [0.05, 0.1) is 22.4 Å². The fourth-order valence-electron chi connectivity index (χ4n) is 2.53. The first-order valence-corrected chi connectivity index (χ1v) is 9.12. The summed E-state index contributed by atoms with van der Waals surface area (Å²) in [5.74, 6) is 0.377. The summed E-state index contributed by atoms with van der Waals surface area (Å²) < 4.78 is 1.98. The van der Waals surface area contributed by atoms with Crippen LogP contribution in [0.5, 0.6) is 0 Å². The van der Waals surface area contributed by atoms with E-state index < -0.39 is 0 Å². The SMILES string of the molecule is CC(C)CC(NCCn1ccnc1)C(=O)NCc1cccc(Cl)c1Cl. The van der Waals surface area contributed by atoms with Crippen molar-refractivity contribution < 1.29 is 4.79 Å². The van der Waals surface area contributed by atoms with Crippen molar-refractivity contribution in [2.75, 3.05) is 6.54 Å². The van der Waals surface area contributed by atoms with Gasteiger partial charge >= 0.3 is 0 Å². The molecular formula is C18H24Cl2N4O. The van der Waals surface area contributed by atoms with Gasteiger partial charge in [-0.05, 0) is 24.0 Å². The van der Waals surface area contributed by atoms with Crippen LogP contribution in [-0.4, -0.2) is 28.0 Å². The molecule has 2 aromatic rings. The van der Waals surface area contributed by atoms with Crippen LogP contribution in [0.2, 0.25) is 10.0 Å². The van der Waals surface area contributed by atoms with E-state index in [9.17, 15) is 4.79 Å². The van der Waals surface area contributed by atoms with Crippen molar-refractivity contribution in [1.82, 2.24) is 20.2 Å². The molecule has 1 aromatic heterocycles. The molecule has 0 bridgehead atoms. The quantitative estimate of drug-likeness (QED) is 0.697. The average Bonchev–Trinajstić information content (AvgIpc) is 3.08. The Morgan fingerprint density at radius 2 is 2.12 bits per heavy atom. The van der Waals surface area contributed by atoms with Crippen LogP contribution in [0.15, 0.2) is 36.9 Å². The predicted octanol–water partition coefficient (Wildman–Crippen LogP) is 3.51. The highest BCUT2D eigenvalue weighted by molar-refractivity contribution is 6.42. The first-order valence-electron chi connectivity index (χ1n) is 8.37. The number of nitrogens with zero attached hydrogens (tertiary/aromatic N) is 2. The van der Waals surface area contributed by atoms with Gasteiger partial charge in [0.1, 0.15) is 0 Å². The van der Waals surface area contributed by atoms with Crippen molar-refractivity contribution in [3.63, 3.8) is 0 Å². The third kappa shape index (κ3) is 6.34. The molecule has 1 unspecified atom stereocenters. The third-order valence-electron chi connectivity index (χ3n) is 3.83. The second-order valence-corrected chi connectivity index (χ2v) is 7.15. The van der Waals surface area contributed by atoms with E-state index in [0.29, 0.717) is 29.1 Å². The summed E-state index contributed by atoms with van der Waals surface area (Å²) in [6.07, 6.45) is 6.17. The number of nitrogens with one attached hydrogen (secondary N) is 2. The third-order valence-corrected chi connectivity index (χ3v) is 4.69. The Labute approximate surface area is 158 Å². The lowest BCUT2D eigenvalue weighted by molar-refractivity contribution is -0.123. The molecule has 0 saturated heterocycles. The molecule has 5 nitrogen and oxygen atoms in total. The van der Waals surface area contributed by atoms with Crippen LogP contribution in [-0.2, 0) is 17.9 Å². The molecule has 0 aliphatic rings. The van der Waals surface area contributed by atoms with Crippen molar-refractivity contribution >= 4 is 29.1 Å². The van der Waals surface area contributed by atoms with Crippen molar-refractivity contribution in [2.24, 2.45) is 5.92 Å². The van der Waals surface area contributed by atoms with Gasteiger partial charge in [0.2, 0.25) is 5.91 Å². The van der Waals surface area contributed by atoms with Gasteiger partial charge in [-0.25, -0.2) is 4.98 Å². The minimum Gasteiger partial charge on any atom is -0.351 e. The molecular weight excluding hydrogens is 359 g/mol. The summed E-state index contributed by atoms with van der Waals surface area (Å²) in [4.78, 5) is 16.6. The largest absolute Gasteiger partial charge is 0.351 e. The highest BCUT2D eigenvalue weighted by atomic mass is 35.5. The first kappa shape index (κ1) is 19.8. The van der Waals surface area contributed by atoms with Gasteiger partial charge in [0.15, 0.2) is 0 Å². The Morgan fingerprint density at radius 3 is 2.80 bits per heavy atom. The van der Waals surface area contributed by atoms with Crippen molar-refractivity contribution in [2.45, 2.75) is 39.4 Å². The van der Waals surface area contributed by atoms with Gasteiger partial charge in [-0.1, -0.05) is 49.2 Å².